The van der Waals surface area contributed by atoms with Gasteiger partial charge < -0.3 is 14.8 Å². The minimum atomic E-state index is 0.0659. The van der Waals surface area contributed by atoms with Crippen molar-refractivity contribution in [3.05, 3.63) is 35.9 Å². The third-order valence-corrected chi connectivity index (χ3v) is 3.77. The SMILES string of the molecule is CCCOc1ccc2ccc(OC)c(CCNC(=O)CC)c2c1. The molecule has 0 aliphatic rings. The fourth-order valence-electron chi connectivity index (χ4n) is 2.55. The molecule has 0 spiro atoms. The molecule has 0 bridgehead atoms. The van der Waals surface area contributed by atoms with Gasteiger partial charge in [-0.3, -0.25) is 4.79 Å². The highest BCUT2D eigenvalue weighted by Crippen LogP contribution is 2.31. The zero-order valence-electron chi connectivity index (χ0n) is 14.1. The number of methoxy groups -OCH3 is 1. The summed E-state index contributed by atoms with van der Waals surface area (Å²) in [6, 6.07) is 10.1. The summed E-state index contributed by atoms with van der Waals surface area (Å²) in [7, 11) is 1.67. The molecular weight excluding hydrogens is 290 g/mol. The van der Waals surface area contributed by atoms with Gasteiger partial charge in [-0.25, -0.2) is 0 Å². The van der Waals surface area contributed by atoms with Crippen molar-refractivity contribution in [2.75, 3.05) is 20.3 Å². The van der Waals surface area contributed by atoms with Crippen LogP contribution in [0.3, 0.4) is 0 Å². The van der Waals surface area contributed by atoms with Gasteiger partial charge in [-0.2, -0.15) is 0 Å². The van der Waals surface area contributed by atoms with Crippen molar-refractivity contribution in [2.45, 2.75) is 33.1 Å². The lowest BCUT2D eigenvalue weighted by molar-refractivity contribution is -0.120. The summed E-state index contributed by atoms with van der Waals surface area (Å²) in [6.45, 7) is 5.25. The number of rotatable bonds is 8. The van der Waals surface area contributed by atoms with Gasteiger partial charge in [0.05, 0.1) is 13.7 Å². The standard InChI is InChI=1S/C19H25NO3/c1-4-12-23-15-8-6-14-7-9-18(22-3)16(17(14)13-15)10-11-20-19(21)5-2/h6-9,13H,4-5,10-12H2,1-3H3,(H,20,21). The Labute approximate surface area is 137 Å². The van der Waals surface area contributed by atoms with E-state index >= 15 is 0 Å². The number of hydrogen-bond acceptors (Lipinski definition) is 3. The summed E-state index contributed by atoms with van der Waals surface area (Å²) in [6.07, 6.45) is 2.21. The van der Waals surface area contributed by atoms with Gasteiger partial charge in [0.2, 0.25) is 5.91 Å². The van der Waals surface area contributed by atoms with Gasteiger partial charge >= 0.3 is 0 Å². The molecule has 4 heteroatoms. The minimum absolute atomic E-state index is 0.0659. The van der Waals surface area contributed by atoms with Crippen molar-refractivity contribution in [1.29, 1.82) is 0 Å². The topological polar surface area (TPSA) is 47.6 Å². The number of fused-ring (bicyclic) bond motifs is 1. The molecule has 0 aromatic heterocycles. The third-order valence-electron chi connectivity index (χ3n) is 3.77. The van der Waals surface area contributed by atoms with Crippen LogP contribution in [0.15, 0.2) is 30.3 Å². The van der Waals surface area contributed by atoms with Gasteiger partial charge in [-0.05, 0) is 41.8 Å². The van der Waals surface area contributed by atoms with Crippen LogP contribution in [-0.2, 0) is 11.2 Å². The Morgan fingerprint density at radius 3 is 2.65 bits per heavy atom. The Morgan fingerprint density at radius 2 is 1.96 bits per heavy atom. The lowest BCUT2D eigenvalue weighted by Crippen LogP contribution is -2.24. The van der Waals surface area contributed by atoms with Crippen LogP contribution >= 0.6 is 0 Å². The summed E-state index contributed by atoms with van der Waals surface area (Å²) < 4.78 is 11.2. The molecule has 0 aliphatic heterocycles. The number of carbonyl (C=O) groups excluding carboxylic acids is 1. The summed E-state index contributed by atoms with van der Waals surface area (Å²) in [4.78, 5) is 11.4. The Hall–Kier alpha value is -2.23. The van der Waals surface area contributed by atoms with E-state index in [9.17, 15) is 4.79 Å². The first-order valence-corrected chi connectivity index (χ1v) is 8.18. The summed E-state index contributed by atoms with van der Waals surface area (Å²) in [5.74, 6) is 1.78. The molecule has 0 heterocycles. The summed E-state index contributed by atoms with van der Waals surface area (Å²) in [5, 5.41) is 5.18. The molecule has 0 saturated heterocycles. The van der Waals surface area contributed by atoms with Crippen LogP contribution < -0.4 is 14.8 Å². The number of amides is 1. The number of nitrogens with one attached hydrogen (secondary N) is 1. The molecule has 23 heavy (non-hydrogen) atoms. The van der Waals surface area contributed by atoms with Gasteiger partial charge in [0, 0.05) is 18.5 Å². The van der Waals surface area contributed by atoms with E-state index in [0.29, 0.717) is 19.6 Å². The minimum Gasteiger partial charge on any atom is -0.496 e. The van der Waals surface area contributed by atoms with Gasteiger partial charge in [-0.15, -0.1) is 0 Å². The second-order valence-corrected chi connectivity index (χ2v) is 5.43. The van der Waals surface area contributed by atoms with Crippen molar-refractivity contribution >= 4 is 16.7 Å². The molecule has 1 N–H and O–H groups in total. The average Bonchev–Trinajstić information content (AvgIpc) is 2.59. The fraction of sp³-hybridized carbons (Fsp3) is 0.421. The predicted molar refractivity (Wildman–Crippen MR) is 93.3 cm³/mol. The van der Waals surface area contributed by atoms with E-state index in [4.69, 9.17) is 9.47 Å². The van der Waals surface area contributed by atoms with Gasteiger partial charge in [0.15, 0.2) is 0 Å². The molecule has 1 amide bonds. The van der Waals surface area contributed by atoms with Crippen LogP contribution in [0.25, 0.3) is 10.8 Å². The van der Waals surface area contributed by atoms with E-state index in [1.54, 1.807) is 7.11 Å². The number of carbonyl (C=O) groups is 1. The fourth-order valence-corrected chi connectivity index (χ4v) is 2.55. The van der Waals surface area contributed by atoms with Gasteiger partial charge in [0.25, 0.3) is 0 Å². The van der Waals surface area contributed by atoms with E-state index in [1.165, 1.54) is 0 Å². The van der Waals surface area contributed by atoms with Crippen molar-refractivity contribution in [1.82, 2.24) is 5.32 Å². The van der Waals surface area contributed by atoms with Crippen molar-refractivity contribution in [3.8, 4) is 11.5 Å². The molecule has 124 valence electrons. The molecule has 0 saturated carbocycles. The Kier molecular flexibility index (Phi) is 6.27. The second-order valence-electron chi connectivity index (χ2n) is 5.43. The van der Waals surface area contributed by atoms with Crippen LogP contribution in [0.5, 0.6) is 11.5 Å². The van der Waals surface area contributed by atoms with Gasteiger partial charge in [0.1, 0.15) is 11.5 Å². The Morgan fingerprint density at radius 1 is 1.17 bits per heavy atom. The largest absolute Gasteiger partial charge is 0.496 e. The van der Waals surface area contributed by atoms with Crippen molar-refractivity contribution in [2.24, 2.45) is 0 Å². The number of ether oxygens (including phenoxy) is 2. The lowest BCUT2D eigenvalue weighted by Gasteiger charge is -2.14. The van der Waals surface area contributed by atoms with Crippen LogP contribution in [-0.4, -0.2) is 26.2 Å². The van der Waals surface area contributed by atoms with Crippen molar-refractivity contribution in [3.63, 3.8) is 0 Å². The average molecular weight is 315 g/mol. The maximum absolute atomic E-state index is 11.4. The van der Waals surface area contributed by atoms with Crippen LogP contribution in [0, 0.1) is 0 Å². The Bertz CT molecular complexity index is 667. The highest BCUT2D eigenvalue weighted by Gasteiger charge is 2.10. The van der Waals surface area contributed by atoms with Crippen molar-refractivity contribution < 1.29 is 14.3 Å². The van der Waals surface area contributed by atoms with Crippen LogP contribution in [0.2, 0.25) is 0 Å². The third kappa shape index (κ3) is 4.38. The molecule has 2 rings (SSSR count). The quantitative estimate of drug-likeness (QED) is 0.808. The predicted octanol–water partition coefficient (Wildman–Crippen LogP) is 3.71. The second kappa shape index (κ2) is 8.42. The normalized spacial score (nSPS) is 10.6. The number of hydrogen-bond donors (Lipinski definition) is 1. The zero-order chi connectivity index (χ0) is 16.7. The molecule has 0 unspecified atom stereocenters. The molecule has 0 aliphatic carbocycles. The lowest BCUT2D eigenvalue weighted by atomic mass is 10.0. The summed E-state index contributed by atoms with van der Waals surface area (Å²) >= 11 is 0. The first-order valence-electron chi connectivity index (χ1n) is 8.18. The first-order chi connectivity index (χ1) is 11.2. The molecular formula is C19H25NO3. The monoisotopic (exact) mass is 315 g/mol. The molecule has 2 aromatic rings. The Balaban J connectivity index is 2.31. The maximum atomic E-state index is 11.4. The molecule has 4 nitrogen and oxygen atoms in total. The maximum Gasteiger partial charge on any atom is 0.219 e. The van der Waals surface area contributed by atoms with E-state index in [1.807, 2.05) is 25.1 Å². The molecule has 0 fully saturated rings. The molecule has 0 atom stereocenters. The number of benzene rings is 2. The van der Waals surface area contributed by atoms with E-state index < -0.39 is 0 Å². The van der Waals surface area contributed by atoms with Crippen LogP contribution in [0.1, 0.15) is 32.3 Å². The molecule has 2 aromatic carbocycles. The van der Waals surface area contributed by atoms with E-state index in [0.717, 1.165) is 40.7 Å². The highest BCUT2D eigenvalue weighted by molar-refractivity contribution is 5.89. The summed E-state index contributed by atoms with van der Waals surface area (Å²) in [5.41, 5.74) is 1.10. The van der Waals surface area contributed by atoms with E-state index in [2.05, 4.69) is 24.4 Å². The van der Waals surface area contributed by atoms with Gasteiger partial charge in [-0.1, -0.05) is 26.0 Å². The molecule has 0 radical (unpaired) electrons. The van der Waals surface area contributed by atoms with Crippen LogP contribution in [0.4, 0.5) is 0 Å². The first kappa shape index (κ1) is 17.1. The smallest absolute Gasteiger partial charge is 0.219 e. The zero-order valence-corrected chi connectivity index (χ0v) is 14.1. The highest BCUT2D eigenvalue weighted by atomic mass is 16.5. The van der Waals surface area contributed by atoms with E-state index in [-0.39, 0.29) is 5.91 Å².